The van der Waals surface area contributed by atoms with E-state index in [1.165, 1.54) is 30.7 Å². The summed E-state index contributed by atoms with van der Waals surface area (Å²) in [6, 6.07) is 8.39. The molecule has 2 aromatic rings. The number of amides is 1. The fourth-order valence-electron chi connectivity index (χ4n) is 4.53. The molecule has 1 aliphatic heterocycles. The number of halogens is 3. The van der Waals surface area contributed by atoms with Crippen LogP contribution in [0.5, 0.6) is 0 Å². The lowest BCUT2D eigenvalue weighted by Crippen LogP contribution is -2.48. The van der Waals surface area contributed by atoms with E-state index in [9.17, 15) is 23.2 Å². The Morgan fingerprint density at radius 3 is 2.53 bits per heavy atom. The number of likely N-dealkylation sites (tertiary alicyclic amines) is 1. The molecule has 2 fully saturated rings. The monoisotopic (exact) mass is 446 g/mol. The second-order valence-electron chi connectivity index (χ2n) is 8.51. The van der Waals surface area contributed by atoms with Crippen molar-refractivity contribution in [2.75, 3.05) is 18.4 Å². The number of rotatable bonds is 6. The second-order valence-corrected chi connectivity index (χ2v) is 8.51. The van der Waals surface area contributed by atoms with E-state index < -0.39 is 18.5 Å². The van der Waals surface area contributed by atoms with Gasteiger partial charge in [-0.3, -0.25) is 9.48 Å². The molecule has 2 aliphatic rings. The van der Waals surface area contributed by atoms with Crippen molar-refractivity contribution < 1.29 is 18.0 Å². The molecule has 32 heavy (non-hydrogen) atoms. The smallest absolute Gasteiger partial charge is 0.365 e. The van der Waals surface area contributed by atoms with E-state index in [-0.39, 0.29) is 28.9 Å². The first kappa shape index (κ1) is 22.1. The third-order valence-electron chi connectivity index (χ3n) is 6.32. The molecule has 1 amide bonds. The highest BCUT2D eigenvalue weighted by molar-refractivity contribution is 5.98. The van der Waals surface area contributed by atoms with Crippen LogP contribution in [0.25, 0.3) is 0 Å². The Morgan fingerprint density at radius 1 is 1.25 bits per heavy atom. The van der Waals surface area contributed by atoms with Gasteiger partial charge in [0, 0.05) is 17.9 Å². The van der Waals surface area contributed by atoms with Crippen molar-refractivity contribution in [1.82, 2.24) is 14.7 Å². The van der Waals surface area contributed by atoms with Crippen molar-refractivity contribution in [2.24, 2.45) is 11.7 Å². The van der Waals surface area contributed by atoms with E-state index in [0.29, 0.717) is 11.7 Å². The van der Waals surface area contributed by atoms with E-state index in [0.717, 1.165) is 32.4 Å². The number of alkyl halides is 3. The summed E-state index contributed by atoms with van der Waals surface area (Å²) in [5.74, 6) is -0.678. The number of hydrogen-bond acceptors (Lipinski definition) is 5. The van der Waals surface area contributed by atoms with Gasteiger partial charge in [-0.1, -0.05) is 12.1 Å². The Labute approximate surface area is 184 Å². The van der Waals surface area contributed by atoms with E-state index in [4.69, 9.17) is 5.73 Å². The van der Waals surface area contributed by atoms with Gasteiger partial charge >= 0.3 is 6.18 Å². The molecular formula is C22H25F3N6O. The first-order valence-corrected chi connectivity index (χ1v) is 10.7. The van der Waals surface area contributed by atoms with Gasteiger partial charge in [0.2, 0.25) is 0 Å². The molecule has 3 N–H and O–H groups in total. The van der Waals surface area contributed by atoms with Gasteiger partial charge in [-0.05, 0) is 56.5 Å². The fraction of sp³-hybridized carbons (Fsp3) is 0.500. The van der Waals surface area contributed by atoms with Gasteiger partial charge in [-0.25, -0.2) is 0 Å². The molecule has 1 saturated heterocycles. The average Bonchev–Trinajstić information content (AvgIpc) is 3.11. The van der Waals surface area contributed by atoms with Crippen LogP contribution in [0.1, 0.15) is 47.6 Å². The third kappa shape index (κ3) is 4.88. The van der Waals surface area contributed by atoms with Crippen LogP contribution >= 0.6 is 0 Å². The second kappa shape index (κ2) is 8.82. The van der Waals surface area contributed by atoms with Crippen molar-refractivity contribution in [2.45, 2.75) is 50.4 Å². The maximum absolute atomic E-state index is 12.6. The van der Waals surface area contributed by atoms with Crippen molar-refractivity contribution >= 4 is 17.4 Å². The Kier molecular flexibility index (Phi) is 6.11. The predicted octanol–water partition coefficient (Wildman–Crippen LogP) is 3.77. The molecular weight excluding hydrogens is 421 g/mol. The van der Waals surface area contributed by atoms with E-state index in [2.05, 4.69) is 21.4 Å². The number of carbonyl (C=O) groups excluding carboxylic acids is 1. The lowest BCUT2D eigenvalue weighted by molar-refractivity contribution is -0.127. The van der Waals surface area contributed by atoms with Crippen LogP contribution < -0.4 is 11.1 Å². The normalized spacial score (nSPS) is 23.9. The molecule has 7 nitrogen and oxygen atoms in total. The number of aromatic nitrogens is 2. The van der Waals surface area contributed by atoms with Crippen molar-refractivity contribution in [3.8, 4) is 6.07 Å². The lowest BCUT2D eigenvalue weighted by atomic mass is 9.81. The first-order valence-electron chi connectivity index (χ1n) is 10.7. The highest BCUT2D eigenvalue weighted by atomic mass is 19.4. The Hall–Kier alpha value is -3.06. The standard InChI is InChI=1S/C22H25F3N6O/c23-22(24,25)11-14-2-4-16(5-3-14)28-21-18(20(27)32)13-31(29-21)19-7-6-17(10-15(19)12-26)30-8-1-9-30/h2-5,13,15,17,19H,1,6-11H2,(H2,27,32)(H,28,29). The number of benzene rings is 1. The number of hydrogen-bond donors (Lipinski definition) is 2. The molecule has 2 heterocycles. The van der Waals surface area contributed by atoms with Crippen molar-refractivity contribution in [1.29, 1.82) is 5.26 Å². The van der Waals surface area contributed by atoms with Crippen LogP contribution in [0.2, 0.25) is 0 Å². The van der Waals surface area contributed by atoms with Crippen LogP contribution in [0, 0.1) is 17.2 Å². The van der Waals surface area contributed by atoms with Gasteiger partial charge in [0.05, 0.1) is 24.4 Å². The summed E-state index contributed by atoms with van der Waals surface area (Å²) in [5, 5.41) is 17.2. The van der Waals surface area contributed by atoms with Gasteiger partial charge in [-0.2, -0.15) is 23.5 Å². The molecule has 4 rings (SSSR count). The maximum atomic E-state index is 12.6. The van der Waals surface area contributed by atoms with Crippen LogP contribution in [0.3, 0.4) is 0 Å². The van der Waals surface area contributed by atoms with Crippen LogP contribution in [-0.4, -0.2) is 45.9 Å². The number of nitrogens with two attached hydrogens (primary N) is 1. The lowest BCUT2D eigenvalue weighted by Gasteiger charge is -2.43. The summed E-state index contributed by atoms with van der Waals surface area (Å²) >= 11 is 0. The largest absolute Gasteiger partial charge is 0.393 e. The molecule has 0 bridgehead atoms. The first-order chi connectivity index (χ1) is 15.2. The Balaban J connectivity index is 1.51. The Morgan fingerprint density at radius 2 is 1.97 bits per heavy atom. The van der Waals surface area contributed by atoms with Gasteiger partial charge in [0.1, 0.15) is 5.56 Å². The summed E-state index contributed by atoms with van der Waals surface area (Å²) in [4.78, 5) is 14.4. The zero-order valence-corrected chi connectivity index (χ0v) is 17.5. The zero-order valence-electron chi connectivity index (χ0n) is 17.5. The number of primary amides is 1. The average molecular weight is 446 g/mol. The summed E-state index contributed by atoms with van der Waals surface area (Å²) in [6.45, 7) is 2.16. The molecule has 1 aliphatic carbocycles. The third-order valence-corrected chi connectivity index (χ3v) is 6.32. The topological polar surface area (TPSA) is 100.0 Å². The van der Waals surface area contributed by atoms with E-state index in [1.807, 2.05) is 0 Å². The number of nitrogens with zero attached hydrogens (tertiary/aromatic N) is 4. The summed E-state index contributed by atoms with van der Waals surface area (Å²) in [6.07, 6.45) is -0.0473. The van der Waals surface area contributed by atoms with Gasteiger partial charge in [0.15, 0.2) is 5.82 Å². The summed E-state index contributed by atoms with van der Waals surface area (Å²) < 4.78 is 39.3. The van der Waals surface area contributed by atoms with E-state index in [1.54, 1.807) is 10.9 Å². The van der Waals surface area contributed by atoms with Gasteiger partial charge < -0.3 is 16.0 Å². The molecule has 1 aromatic carbocycles. The van der Waals surface area contributed by atoms with Gasteiger partial charge in [0.25, 0.3) is 5.91 Å². The molecule has 0 spiro atoms. The molecule has 1 aromatic heterocycles. The highest BCUT2D eigenvalue weighted by Crippen LogP contribution is 2.37. The summed E-state index contributed by atoms with van der Waals surface area (Å²) in [7, 11) is 0. The maximum Gasteiger partial charge on any atom is 0.393 e. The molecule has 170 valence electrons. The number of anilines is 2. The SMILES string of the molecule is N#CC1CC(N2CCC2)CCC1n1cc(C(N)=O)c(Nc2ccc(CC(F)(F)F)cc2)n1. The molecule has 0 radical (unpaired) electrons. The summed E-state index contributed by atoms with van der Waals surface area (Å²) in [5.41, 5.74) is 6.33. The zero-order chi connectivity index (χ0) is 22.9. The van der Waals surface area contributed by atoms with E-state index >= 15 is 0 Å². The van der Waals surface area contributed by atoms with Crippen molar-refractivity contribution in [3.63, 3.8) is 0 Å². The fourth-order valence-corrected chi connectivity index (χ4v) is 4.53. The minimum Gasteiger partial charge on any atom is -0.365 e. The minimum absolute atomic E-state index is 0.138. The Bertz CT molecular complexity index is 1010. The number of carbonyl (C=O) groups is 1. The number of nitriles is 1. The quantitative estimate of drug-likeness (QED) is 0.704. The van der Waals surface area contributed by atoms with Gasteiger partial charge in [-0.15, -0.1) is 0 Å². The highest BCUT2D eigenvalue weighted by Gasteiger charge is 2.37. The molecule has 1 saturated carbocycles. The van der Waals surface area contributed by atoms with Crippen LogP contribution in [0.4, 0.5) is 24.7 Å². The van der Waals surface area contributed by atoms with Crippen LogP contribution in [-0.2, 0) is 6.42 Å². The number of nitrogens with one attached hydrogen (secondary N) is 1. The van der Waals surface area contributed by atoms with Crippen LogP contribution in [0.15, 0.2) is 30.5 Å². The predicted molar refractivity (Wildman–Crippen MR) is 112 cm³/mol. The molecule has 10 heteroatoms. The molecule has 3 unspecified atom stereocenters. The molecule has 3 atom stereocenters. The van der Waals surface area contributed by atoms with Crippen molar-refractivity contribution in [3.05, 3.63) is 41.6 Å². The minimum atomic E-state index is -4.28.